The minimum absolute atomic E-state index is 0.0974. The summed E-state index contributed by atoms with van der Waals surface area (Å²) >= 11 is 0. The topological polar surface area (TPSA) is 113 Å². The van der Waals surface area contributed by atoms with Gasteiger partial charge in [0.1, 0.15) is 5.75 Å². The molecule has 5 N–H and O–H groups in total. The standard InChI is InChI=1S/C15H14N2O4/c16-10-3-1-9(2-4-10)7-14(19)17-13-6-5-11(18)8-12(13)15(20)21/h1-6,8,18H,7,16H2,(H,17,19)(H,20,21). The number of phenolic OH excluding ortho intramolecular Hbond substituents is 1. The molecular formula is C15H14N2O4. The summed E-state index contributed by atoms with van der Waals surface area (Å²) < 4.78 is 0. The fraction of sp³-hybridized carbons (Fsp3) is 0.0667. The SMILES string of the molecule is Nc1ccc(CC(=O)Nc2ccc(O)cc2C(=O)O)cc1. The van der Waals surface area contributed by atoms with Crippen molar-refractivity contribution in [2.75, 3.05) is 11.1 Å². The molecule has 2 aromatic rings. The van der Waals surface area contributed by atoms with Gasteiger partial charge in [0.25, 0.3) is 0 Å². The van der Waals surface area contributed by atoms with E-state index in [0.29, 0.717) is 5.69 Å². The molecule has 0 aliphatic rings. The van der Waals surface area contributed by atoms with E-state index in [0.717, 1.165) is 11.6 Å². The van der Waals surface area contributed by atoms with Crippen LogP contribution in [0.1, 0.15) is 15.9 Å². The molecule has 0 heterocycles. The lowest BCUT2D eigenvalue weighted by atomic mass is 10.1. The van der Waals surface area contributed by atoms with Gasteiger partial charge in [-0.15, -0.1) is 0 Å². The van der Waals surface area contributed by atoms with Crippen LogP contribution < -0.4 is 11.1 Å². The molecule has 0 atom stereocenters. The number of benzene rings is 2. The Labute approximate surface area is 120 Å². The third-order valence-electron chi connectivity index (χ3n) is 2.85. The molecular weight excluding hydrogens is 272 g/mol. The third kappa shape index (κ3) is 3.73. The van der Waals surface area contributed by atoms with Crippen LogP contribution in [-0.2, 0) is 11.2 Å². The molecule has 0 fully saturated rings. The summed E-state index contributed by atoms with van der Waals surface area (Å²) in [5.74, 6) is -1.76. The summed E-state index contributed by atoms with van der Waals surface area (Å²) in [6.45, 7) is 0. The van der Waals surface area contributed by atoms with E-state index in [1.54, 1.807) is 24.3 Å². The number of carboxylic acid groups (broad SMARTS) is 1. The Bertz CT molecular complexity index is 681. The Kier molecular flexibility index (Phi) is 4.08. The molecule has 0 saturated heterocycles. The lowest BCUT2D eigenvalue weighted by Crippen LogP contribution is -2.16. The van der Waals surface area contributed by atoms with Crippen molar-refractivity contribution in [1.82, 2.24) is 0 Å². The van der Waals surface area contributed by atoms with Gasteiger partial charge in [-0.3, -0.25) is 4.79 Å². The zero-order valence-corrected chi connectivity index (χ0v) is 11.0. The molecule has 2 rings (SSSR count). The van der Waals surface area contributed by atoms with Crippen molar-refractivity contribution in [2.24, 2.45) is 0 Å². The van der Waals surface area contributed by atoms with E-state index >= 15 is 0 Å². The lowest BCUT2D eigenvalue weighted by molar-refractivity contribution is -0.115. The first-order valence-corrected chi connectivity index (χ1v) is 6.16. The van der Waals surface area contributed by atoms with E-state index < -0.39 is 5.97 Å². The van der Waals surface area contributed by atoms with Gasteiger partial charge >= 0.3 is 5.97 Å². The molecule has 0 aliphatic heterocycles. The molecule has 0 saturated carbocycles. The van der Waals surface area contributed by atoms with E-state index in [-0.39, 0.29) is 29.3 Å². The Balaban J connectivity index is 2.12. The first kappa shape index (κ1) is 14.4. The van der Waals surface area contributed by atoms with Crippen molar-refractivity contribution >= 4 is 23.3 Å². The quantitative estimate of drug-likeness (QED) is 0.506. The second kappa shape index (κ2) is 5.96. The molecule has 108 valence electrons. The van der Waals surface area contributed by atoms with Crippen LogP contribution in [0, 0.1) is 0 Å². The fourth-order valence-corrected chi connectivity index (χ4v) is 1.83. The van der Waals surface area contributed by atoms with Crippen molar-refractivity contribution < 1.29 is 19.8 Å². The molecule has 0 aliphatic carbocycles. The van der Waals surface area contributed by atoms with Gasteiger partial charge in [-0.1, -0.05) is 12.1 Å². The molecule has 21 heavy (non-hydrogen) atoms. The summed E-state index contributed by atoms with van der Waals surface area (Å²) in [7, 11) is 0. The number of nitrogens with two attached hydrogens (primary N) is 1. The summed E-state index contributed by atoms with van der Waals surface area (Å²) in [6.07, 6.45) is 0.0974. The monoisotopic (exact) mass is 286 g/mol. The van der Waals surface area contributed by atoms with Gasteiger partial charge in [0.15, 0.2) is 0 Å². The number of phenols is 1. The maximum atomic E-state index is 11.9. The molecule has 6 nitrogen and oxygen atoms in total. The van der Waals surface area contributed by atoms with Crippen LogP contribution >= 0.6 is 0 Å². The normalized spacial score (nSPS) is 10.1. The first-order valence-electron chi connectivity index (χ1n) is 6.16. The average Bonchev–Trinajstić information content (AvgIpc) is 2.43. The molecule has 0 bridgehead atoms. The maximum absolute atomic E-state index is 11.9. The van der Waals surface area contributed by atoms with E-state index in [1.165, 1.54) is 12.1 Å². The van der Waals surface area contributed by atoms with Crippen LogP contribution in [0.15, 0.2) is 42.5 Å². The molecule has 0 aromatic heterocycles. The number of nitrogen functional groups attached to an aromatic ring is 1. The second-order valence-corrected chi connectivity index (χ2v) is 4.50. The summed E-state index contributed by atoms with van der Waals surface area (Å²) in [5.41, 5.74) is 6.90. The van der Waals surface area contributed by atoms with Gasteiger partial charge in [0, 0.05) is 5.69 Å². The van der Waals surface area contributed by atoms with E-state index in [9.17, 15) is 14.7 Å². The van der Waals surface area contributed by atoms with Crippen molar-refractivity contribution in [3.05, 3.63) is 53.6 Å². The second-order valence-electron chi connectivity index (χ2n) is 4.50. The van der Waals surface area contributed by atoms with Gasteiger partial charge in [-0.2, -0.15) is 0 Å². The number of anilines is 2. The van der Waals surface area contributed by atoms with Crippen LogP contribution in [-0.4, -0.2) is 22.1 Å². The van der Waals surface area contributed by atoms with Crippen LogP contribution in [0.3, 0.4) is 0 Å². The highest BCUT2D eigenvalue weighted by atomic mass is 16.4. The molecule has 1 amide bonds. The smallest absolute Gasteiger partial charge is 0.337 e. The number of nitrogens with one attached hydrogen (secondary N) is 1. The highest BCUT2D eigenvalue weighted by Gasteiger charge is 2.13. The predicted octanol–water partition coefficient (Wildman–Crippen LogP) is 1.85. The van der Waals surface area contributed by atoms with E-state index in [4.69, 9.17) is 10.8 Å². The maximum Gasteiger partial charge on any atom is 0.337 e. The molecule has 6 heteroatoms. The van der Waals surface area contributed by atoms with Crippen molar-refractivity contribution in [3.63, 3.8) is 0 Å². The highest BCUT2D eigenvalue weighted by Crippen LogP contribution is 2.21. The number of carbonyl (C=O) groups is 2. The predicted molar refractivity (Wildman–Crippen MR) is 78.3 cm³/mol. The van der Waals surface area contributed by atoms with Crippen LogP contribution in [0.5, 0.6) is 5.75 Å². The number of carboxylic acids is 1. The van der Waals surface area contributed by atoms with E-state index in [2.05, 4.69) is 5.32 Å². The van der Waals surface area contributed by atoms with Gasteiger partial charge in [-0.05, 0) is 35.9 Å². The van der Waals surface area contributed by atoms with Gasteiger partial charge < -0.3 is 21.3 Å². The Morgan fingerprint density at radius 2 is 1.76 bits per heavy atom. The molecule has 2 aromatic carbocycles. The zero-order chi connectivity index (χ0) is 15.4. The minimum atomic E-state index is -1.23. The number of hydrogen-bond acceptors (Lipinski definition) is 4. The Hall–Kier alpha value is -3.02. The molecule has 0 spiro atoms. The number of aromatic hydroxyl groups is 1. The summed E-state index contributed by atoms with van der Waals surface area (Å²) in [5, 5.41) is 20.9. The minimum Gasteiger partial charge on any atom is -0.508 e. The Morgan fingerprint density at radius 1 is 1.10 bits per heavy atom. The average molecular weight is 286 g/mol. The van der Waals surface area contributed by atoms with Crippen LogP contribution in [0.4, 0.5) is 11.4 Å². The highest BCUT2D eigenvalue weighted by molar-refractivity contribution is 6.01. The van der Waals surface area contributed by atoms with Crippen molar-refractivity contribution in [2.45, 2.75) is 6.42 Å². The van der Waals surface area contributed by atoms with Crippen molar-refractivity contribution in [1.29, 1.82) is 0 Å². The molecule has 0 unspecified atom stereocenters. The van der Waals surface area contributed by atoms with Gasteiger partial charge in [0.05, 0.1) is 17.7 Å². The Morgan fingerprint density at radius 3 is 2.38 bits per heavy atom. The van der Waals surface area contributed by atoms with Gasteiger partial charge in [-0.25, -0.2) is 4.79 Å². The fourth-order valence-electron chi connectivity index (χ4n) is 1.83. The lowest BCUT2D eigenvalue weighted by Gasteiger charge is -2.09. The van der Waals surface area contributed by atoms with Gasteiger partial charge in [0.2, 0.25) is 5.91 Å². The largest absolute Gasteiger partial charge is 0.508 e. The van der Waals surface area contributed by atoms with Crippen LogP contribution in [0.2, 0.25) is 0 Å². The number of rotatable bonds is 4. The van der Waals surface area contributed by atoms with E-state index in [1.807, 2.05) is 0 Å². The zero-order valence-electron chi connectivity index (χ0n) is 11.0. The summed E-state index contributed by atoms with van der Waals surface area (Å²) in [6, 6.07) is 10.6. The summed E-state index contributed by atoms with van der Waals surface area (Å²) in [4.78, 5) is 23.0. The number of hydrogen-bond donors (Lipinski definition) is 4. The third-order valence-corrected chi connectivity index (χ3v) is 2.85. The van der Waals surface area contributed by atoms with Crippen molar-refractivity contribution in [3.8, 4) is 5.75 Å². The number of aromatic carboxylic acids is 1. The number of amides is 1. The molecule has 0 radical (unpaired) electrons. The first-order chi connectivity index (χ1) is 9.95. The number of carbonyl (C=O) groups excluding carboxylic acids is 1. The van der Waals surface area contributed by atoms with Crippen LogP contribution in [0.25, 0.3) is 0 Å².